The van der Waals surface area contributed by atoms with Crippen LogP contribution in [0, 0.1) is 11.2 Å². The fourth-order valence-electron chi connectivity index (χ4n) is 3.15. The van der Waals surface area contributed by atoms with Crippen LogP contribution in [0.1, 0.15) is 30.9 Å². The van der Waals surface area contributed by atoms with Crippen LogP contribution in [0.15, 0.2) is 48.5 Å². The van der Waals surface area contributed by atoms with Gasteiger partial charge in [-0.25, -0.2) is 4.39 Å². The molecule has 0 aliphatic carbocycles. The Bertz CT molecular complexity index is 1050. The Morgan fingerprint density at radius 2 is 1.68 bits per heavy atom. The van der Waals surface area contributed by atoms with Gasteiger partial charge in [0.2, 0.25) is 17.7 Å². The lowest BCUT2D eigenvalue weighted by molar-refractivity contribution is -0.132. The second kappa shape index (κ2) is 13.2. The van der Waals surface area contributed by atoms with Crippen LogP contribution in [-0.2, 0) is 32.1 Å². The van der Waals surface area contributed by atoms with Crippen molar-refractivity contribution < 1.29 is 23.6 Å². The maximum absolute atomic E-state index is 14.1. The normalized spacial score (nSPS) is 12.2. The number of amides is 3. The fraction of sp³-hybridized carbons (Fsp3) is 0.292. The molecule has 2 aromatic rings. The summed E-state index contributed by atoms with van der Waals surface area (Å²) in [5.74, 6) is -2.78. The molecule has 0 aliphatic rings. The molecule has 2 atom stereocenters. The van der Waals surface area contributed by atoms with Gasteiger partial charge in [-0.3, -0.25) is 19.2 Å². The van der Waals surface area contributed by atoms with Gasteiger partial charge in [-0.05, 0) is 35.7 Å². The zero-order valence-electron chi connectivity index (χ0n) is 18.6. The van der Waals surface area contributed by atoms with E-state index in [2.05, 4.69) is 16.0 Å². The summed E-state index contributed by atoms with van der Waals surface area (Å²) < 4.78 is 14.1. The third-order valence-electron chi connectivity index (χ3n) is 4.93. The minimum Gasteiger partial charge on any atom is -0.350 e. The number of carbonyl (C=O) groups excluding carboxylic acids is 4. The molecule has 2 rings (SSSR count). The average Bonchev–Trinajstić information content (AvgIpc) is 2.81. The minimum atomic E-state index is -1.14. The number of hydrogen-bond acceptors (Lipinski definition) is 5. The van der Waals surface area contributed by atoms with E-state index in [1.54, 1.807) is 30.3 Å². The van der Waals surface area contributed by atoms with Crippen LogP contribution >= 0.6 is 11.6 Å². The Morgan fingerprint density at radius 3 is 2.29 bits per heavy atom. The van der Waals surface area contributed by atoms with Crippen molar-refractivity contribution in [2.45, 2.75) is 44.8 Å². The Hall–Kier alpha value is -3.59. The van der Waals surface area contributed by atoms with E-state index in [9.17, 15) is 23.6 Å². The molecule has 10 heteroatoms. The van der Waals surface area contributed by atoms with Crippen LogP contribution in [0.5, 0.6) is 0 Å². The molecule has 2 aromatic carbocycles. The highest BCUT2D eigenvalue weighted by molar-refractivity contribution is 6.30. The summed E-state index contributed by atoms with van der Waals surface area (Å²) in [7, 11) is 0. The Balaban J connectivity index is 2.14. The number of ketones is 1. The molecule has 180 valence electrons. The summed E-state index contributed by atoms with van der Waals surface area (Å²) in [5.41, 5.74) is 0.994. The first-order valence-electron chi connectivity index (χ1n) is 10.6. The summed E-state index contributed by atoms with van der Waals surface area (Å²) in [5, 5.41) is 15.3. The van der Waals surface area contributed by atoms with Crippen LogP contribution in [0.3, 0.4) is 0 Å². The van der Waals surface area contributed by atoms with Crippen molar-refractivity contribution in [2.75, 3.05) is 0 Å². The maximum Gasteiger partial charge on any atom is 0.243 e. The van der Waals surface area contributed by atoms with Gasteiger partial charge >= 0.3 is 0 Å². The van der Waals surface area contributed by atoms with Crippen LogP contribution in [0.2, 0.25) is 5.02 Å². The molecule has 8 nitrogen and oxygen atoms in total. The lowest BCUT2D eigenvalue weighted by Gasteiger charge is -2.23. The number of carbonyl (C=O) groups is 4. The number of hydrogen-bond donors (Lipinski definition) is 4. The molecule has 0 saturated heterocycles. The van der Waals surface area contributed by atoms with Gasteiger partial charge in [0.15, 0.2) is 5.78 Å². The molecule has 0 aromatic heterocycles. The first kappa shape index (κ1) is 26.7. The lowest BCUT2D eigenvalue weighted by atomic mass is 10.0. The molecular weight excluding hydrogens is 463 g/mol. The maximum atomic E-state index is 14.1. The minimum absolute atomic E-state index is 0.0567. The van der Waals surface area contributed by atoms with E-state index in [-0.39, 0.29) is 31.4 Å². The first-order chi connectivity index (χ1) is 16.2. The van der Waals surface area contributed by atoms with Crippen LogP contribution in [0.4, 0.5) is 4.39 Å². The molecule has 0 unspecified atom stereocenters. The van der Waals surface area contributed by atoms with E-state index in [1.165, 1.54) is 25.1 Å². The number of rotatable bonds is 12. The molecule has 0 saturated carbocycles. The van der Waals surface area contributed by atoms with Gasteiger partial charge in [0.25, 0.3) is 0 Å². The van der Waals surface area contributed by atoms with Crippen LogP contribution in [-0.4, -0.2) is 41.8 Å². The molecule has 34 heavy (non-hydrogen) atoms. The van der Waals surface area contributed by atoms with Gasteiger partial charge in [0.05, 0.1) is 6.21 Å². The molecule has 4 N–H and O–H groups in total. The summed E-state index contributed by atoms with van der Waals surface area (Å²) in [6.07, 6.45) is 0.319. The standard InChI is InChI=1S/C24H26ClFN4O4/c1-15(31)29-22(12-17-4-2-3-5-20(17)26)24(34)30-21(11-10-19(32)13-27)23(33)28-14-16-6-8-18(25)9-7-16/h2-9,13,21-22,27H,10-12,14H2,1H3,(H,28,33)(H,29,31)(H,30,34)/t21-,22-/m0/s1. The predicted molar refractivity (Wildman–Crippen MR) is 126 cm³/mol. The molecule has 0 spiro atoms. The predicted octanol–water partition coefficient (Wildman–Crippen LogP) is 2.33. The zero-order chi connectivity index (χ0) is 25.1. The largest absolute Gasteiger partial charge is 0.350 e. The summed E-state index contributed by atoms with van der Waals surface area (Å²) in [6.45, 7) is 1.38. The van der Waals surface area contributed by atoms with Crippen molar-refractivity contribution in [3.05, 3.63) is 70.5 Å². The van der Waals surface area contributed by atoms with Crippen molar-refractivity contribution in [1.82, 2.24) is 16.0 Å². The van der Waals surface area contributed by atoms with E-state index >= 15 is 0 Å². The molecule has 0 heterocycles. The van der Waals surface area contributed by atoms with E-state index in [0.717, 1.165) is 5.56 Å². The van der Waals surface area contributed by atoms with Crippen LogP contribution < -0.4 is 16.0 Å². The van der Waals surface area contributed by atoms with E-state index in [4.69, 9.17) is 17.0 Å². The van der Waals surface area contributed by atoms with Crippen molar-refractivity contribution >= 4 is 41.3 Å². The smallest absolute Gasteiger partial charge is 0.243 e. The number of halogens is 2. The topological polar surface area (TPSA) is 128 Å². The Kier molecular flexibility index (Phi) is 10.3. The monoisotopic (exact) mass is 488 g/mol. The van der Waals surface area contributed by atoms with Gasteiger partial charge < -0.3 is 21.4 Å². The summed E-state index contributed by atoms with van der Waals surface area (Å²) in [4.78, 5) is 49.0. The SMILES string of the molecule is CC(=O)N[C@@H](Cc1ccccc1F)C(=O)N[C@@H](CCC(=O)C=N)C(=O)NCc1ccc(Cl)cc1. The lowest BCUT2D eigenvalue weighted by Crippen LogP contribution is -2.54. The van der Waals surface area contributed by atoms with Gasteiger partial charge in [-0.1, -0.05) is 41.9 Å². The first-order valence-corrected chi connectivity index (χ1v) is 10.9. The van der Waals surface area contributed by atoms with Crippen molar-refractivity contribution in [3.63, 3.8) is 0 Å². The van der Waals surface area contributed by atoms with Crippen molar-refractivity contribution in [1.29, 1.82) is 5.41 Å². The number of nitrogens with one attached hydrogen (secondary N) is 4. The second-order valence-electron chi connectivity index (χ2n) is 7.60. The fourth-order valence-corrected chi connectivity index (χ4v) is 3.28. The summed E-state index contributed by atoms with van der Waals surface area (Å²) >= 11 is 5.86. The average molecular weight is 489 g/mol. The Morgan fingerprint density at radius 1 is 1.00 bits per heavy atom. The highest BCUT2D eigenvalue weighted by atomic mass is 35.5. The number of benzene rings is 2. The van der Waals surface area contributed by atoms with Gasteiger partial charge in [0, 0.05) is 31.3 Å². The van der Waals surface area contributed by atoms with Crippen LogP contribution in [0.25, 0.3) is 0 Å². The molecule has 3 amide bonds. The van der Waals surface area contributed by atoms with E-state index in [0.29, 0.717) is 11.2 Å². The van der Waals surface area contributed by atoms with Crippen molar-refractivity contribution in [3.8, 4) is 0 Å². The van der Waals surface area contributed by atoms with Crippen molar-refractivity contribution in [2.24, 2.45) is 0 Å². The molecule has 0 bridgehead atoms. The van der Waals surface area contributed by atoms with E-state index < -0.39 is 41.4 Å². The highest BCUT2D eigenvalue weighted by Crippen LogP contribution is 2.11. The van der Waals surface area contributed by atoms with Gasteiger partial charge in [-0.2, -0.15) is 0 Å². The van der Waals surface area contributed by atoms with Gasteiger partial charge in [-0.15, -0.1) is 0 Å². The molecule has 0 fully saturated rings. The molecule has 0 aliphatic heterocycles. The highest BCUT2D eigenvalue weighted by Gasteiger charge is 2.27. The number of Topliss-reactive ketones (excluding diaryl/α,β-unsaturated/α-hetero) is 1. The Labute approximate surface area is 201 Å². The zero-order valence-corrected chi connectivity index (χ0v) is 19.3. The summed E-state index contributed by atoms with van der Waals surface area (Å²) in [6, 6.07) is 10.4. The molecule has 0 radical (unpaired) electrons. The third-order valence-corrected chi connectivity index (χ3v) is 5.18. The quantitative estimate of drug-likeness (QED) is 0.342. The van der Waals surface area contributed by atoms with Gasteiger partial charge in [0.1, 0.15) is 17.9 Å². The third kappa shape index (κ3) is 8.74. The molecular formula is C24H26ClFN4O4. The van der Waals surface area contributed by atoms with E-state index in [1.807, 2.05) is 0 Å². The second-order valence-corrected chi connectivity index (χ2v) is 8.04.